The van der Waals surface area contributed by atoms with Crippen molar-refractivity contribution in [3.05, 3.63) is 0 Å². The molecule has 1 heterocycles. The van der Waals surface area contributed by atoms with Crippen LogP contribution in [0.2, 0.25) is 0 Å². The van der Waals surface area contributed by atoms with Gasteiger partial charge in [0, 0.05) is 18.5 Å². The first-order valence-corrected chi connectivity index (χ1v) is 8.04. The molecule has 0 aromatic carbocycles. The number of hydrogen-bond acceptors (Lipinski definition) is 3. The van der Waals surface area contributed by atoms with Crippen molar-refractivity contribution in [2.24, 2.45) is 11.7 Å². The van der Waals surface area contributed by atoms with Crippen LogP contribution in [0, 0.1) is 5.92 Å². The fourth-order valence-corrected chi connectivity index (χ4v) is 3.96. The summed E-state index contributed by atoms with van der Waals surface area (Å²) < 4.78 is 0. The van der Waals surface area contributed by atoms with Crippen molar-refractivity contribution in [3.63, 3.8) is 0 Å². The van der Waals surface area contributed by atoms with Gasteiger partial charge in [-0.2, -0.15) is 11.8 Å². The second-order valence-electron chi connectivity index (χ2n) is 5.37. The summed E-state index contributed by atoms with van der Waals surface area (Å²) in [5.41, 5.74) is 6.08. The van der Waals surface area contributed by atoms with E-state index in [1.54, 1.807) is 0 Å². The van der Waals surface area contributed by atoms with Gasteiger partial charge >= 0.3 is 0 Å². The lowest BCUT2D eigenvalue weighted by Crippen LogP contribution is -2.41. The normalized spacial score (nSPS) is 29.4. The summed E-state index contributed by atoms with van der Waals surface area (Å²) in [5, 5.41) is 3.18. The van der Waals surface area contributed by atoms with Crippen molar-refractivity contribution in [1.29, 1.82) is 0 Å². The Hall–Kier alpha value is 0.0700. The molecule has 2 rings (SSSR count). The third kappa shape index (κ3) is 4.98. The van der Waals surface area contributed by atoms with Gasteiger partial charge in [0.25, 0.3) is 0 Å². The maximum absolute atomic E-state index is 12.0. The third-order valence-electron chi connectivity index (χ3n) is 4.00. The highest BCUT2D eigenvalue weighted by molar-refractivity contribution is 7.99. The average molecular weight is 293 g/mol. The third-order valence-corrected chi connectivity index (χ3v) is 5.05. The van der Waals surface area contributed by atoms with Crippen molar-refractivity contribution in [2.75, 3.05) is 11.5 Å². The maximum atomic E-state index is 12.0. The van der Waals surface area contributed by atoms with Crippen molar-refractivity contribution in [3.8, 4) is 0 Å². The van der Waals surface area contributed by atoms with Crippen molar-refractivity contribution in [1.82, 2.24) is 5.32 Å². The van der Waals surface area contributed by atoms with Gasteiger partial charge < -0.3 is 11.1 Å². The molecule has 1 saturated carbocycles. The lowest BCUT2D eigenvalue weighted by atomic mass is 9.83. The Morgan fingerprint density at radius 3 is 2.50 bits per heavy atom. The molecule has 0 aromatic rings. The molecule has 0 spiro atoms. The molecule has 2 unspecified atom stereocenters. The van der Waals surface area contributed by atoms with Gasteiger partial charge in [-0.05, 0) is 43.1 Å². The van der Waals surface area contributed by atoms with Crippen LogP contribution in [-0.2, 0) is 4.79 Å². The lowest BCUT2D eigenvalue weighted by molar-refractivity contribution is -0.123. The second kappa shape index (κ2) is 8.28. The summed E-state index contributed by atoms with van der Waals surface area (Å²) in [6.07, 6.45) is 7.61. The maximum Gasteiger partial charge on any atom is 0.220 e. The van der Waals surface area contributed by atoms with E-state index in [0.717, 1.165) is 25.7 Å². The first-order valence-electron chi connectivity index (χ1n) is 6.88. The number of thioether (sulfide) groups is 1. The van der Waals surface area contributed by atoms with E-state index in [4.69, 9.17) is 5.73 Å². The summed E-state index contributed by atoms with van der Waals surface area (Å²) in [6, 6.07) is 0.667. The van der Waals surface area contributed by atoms with E-state index in [9.17, 15) is 4.79 Å². The fourth-order valence-electron chi connectivity index (χ4n) is 2.86. The minimum atomic E-state index is 0. The molecule has 5 heteroatoms. The van der Waals surface area contributed by atoms with E-state index in [-0.39, 0.29) is 24.4 Å². The highest BCUT2D eigenvalue weighted by Gasteiger charge is 2.25. The van der Waals surface area contributed by atoms with Crippen LogP contribution in [0.15, 0.2) is 0 Å². The minimum absolute atomic E-state index is 0. The van der Waals surface area contributed by atoms with E-state index in [0.29, 0.717) is 18.4 Å². The standard InChI is InChI=1S/C13H24N2OS.ClH/c14-12-4-2-1-3-10(12)9-13(16)15-11-5-7-17-8-6-11;/h10-12H,1-9,14H2,(H,15,16);1H. The minimum Gasteiger partial charge on any atom is -0.353 e. The van der Waals surface area contributed by atoms with E-state index in [1.807, 2.05) is 11.8 Å². The number of amides is 1. The Labute approximate surface area is 120 Å². The number of carbonyl (C=O) groups excluding carboxylic acids is 1. The molecule has 106 valence electrons. The highest BCUT2D eigenvalue weighted by atomic mass is 35.5. The van der Waals surface area contributed by atoms with E-state index in [1.165, 1.54) is 24.3 Å². The largest absolute Gasteiger partial charge is 0.353 e. The lowest BCUT2D eigenvalue weighted by Gasteiger charge is -2.29. The van der Waals surface area contributed by atoms with Gasteiger partial charge in [-0.25, -0.2) is 0 Å². The second-order valence-corrected chi connectivity index (χ2v) is 6.59. The molecular formula is C13H25ClN2OS. The van der Waals surface area contributed by atoms with E-state index in [2.05, 4.69) is 5.32 Å². The summed E-state index contributed by atoms with van der Waals surface area (Å²) in [7, 11) is 0. The molecule has 2 aliphatic rings. The summed E-state index contributed by atoms with van der Waals surface area (Å²) >= 11 is 1.99. The van der Waals surface area contributed by atoms with Crippen LogP contribution in [0.4, 0.5) is 0 Å². The van der Waals surface area contributed by atoms with Crippen LogP contribution in [0.5, 0.6) is 0 Å². The molecule has 3 N–H and O–H groups in total. The Balaban J connectivity index is 0.00000162. The number of nitrogens with two attached hydrogens (primary N) is 1. The predicted octanol–water partition coefficient (Wildman–Crippen LogP) is 2.33. The molecule has 18 heavy (non-hydrogen) atoms. The van der Waals surface area contributed by atoms with Gasteiger partial charge in [0.15, 0.2) is 0 Å². The average Bonchev–Trinajstić information content (AvgIpc) is 2.33. The molecule has 0 bridgehead atoms. The smallest absolute Gasteiger partial charge is 0.220 e. The molecule has 0 radical (unpaired) electrons. The van der Waals surface area contributed by atoms with E-state index >= 15 is 0 Å². The van der Waals surface area contributed by atoms with Gasteiger partial charge in [0.05, 0.1) is 0 Å². The van der Waals surface area contributed by atoms with Crippen LogP contribution in [0.25, 0.3) is 0 Å². The number of rotatable bonds is 3. The van der Waals surface area contributed by atoms with E-state index < -0.39 is 0 Å². The van der Waals surface area contributed by atoms with Crippen LogP contribution < -0.4 is 11.1 Å². The van der Waals surface area contributed by atoms with Gasteiger partial charge in [-0.1, -0.05) is 12.8 Å². The number of carbonyl (C=O) groups is 1. The van der Waals surface area contributed by atoms with Crippen LogP contribution in [0.3, 0.4) is 0 Å². The van der Waals surface area contributed by atoms with Crippen LogP contribution >= 0.6 is 24.2 Å². The first-order chi connectivity index (χ1) is 8.25. The summed E-state index contributed by atoms with van der Waals surface area (Å²) in [4.78, 5) is 12.0. The molecule has 0 aromatic heterocycles. The summed E-state index contributed by atoms with van der Waals surface area (Å²) in [5.74, 6) is 3.02. The number of hydrogen-bond donors (Lipinski definition) is 2. The first kappa shape index (κ1) is 16.1. The zero-order valence-corrected chi connectivity index (χ0v) is 12.5. The molecule has 1 aliphatic carbocycles. The van der Waals surface area contributed by atoms with Crippen molar-refractivity contribution in [2.45, 2.75) is 57.0 Å². The molecule has 2 atom stereocenters. The van der Waals surface area contributed by atoms with Gasteiger partial charge in [-0.15, -0.1) is 12.4 Å². The molecule has 3 nitrogen and oxygen atoms in total. The topological polar surface area (TPSA) is 55.1 Å². The van der Waals surface area contributed by atoms with Gasteiger partial charge in [-0.3, -0.25) is 4.79 Å². The fraction of sp³-hybridized carbons (Fsp3) is 0.923. The quantitative estimate of drug-likeness (QED) is 0.839. The summed E-state index contributed by atoms with van der Waals surface area (Å²) in [6.45, 7) is 0. The predicted molar refractivity (Wildman–Crippen MR) is 80.3 cm³/mol. The van der Waals surface area contributed by atoms with Gasteiger partial charge in [0.2, 0.25) is 5.91 Å². The number of halogens is 1. The Morgan fingerprint density at radius 1 is 1.17 bits per heavy atom. The van der Waals surface area contributed by atoms with Crippen LogP contribution in [-0.4, -0.2) is 29.5 Å². The Kier molecular flexibility index (Phi) is 7.42. The molecule has 2 fully saturated rings. The van der Waals surface area contributed by atoms with Crippen molar-refractivity contribution < 1.29 is 4.79 Å². The van der Waals surface area contributed by atoms with Crippen LogP contribution in [0.1, 0.15) is 44.9 Å². The molecular weight excluding hydrogens is 268 g/mol. The molecule has 1 saturated heterocycles. The Morgan fingerprint density at radius 2 is 1.83 bits per heavy atom. The zero-order valence-electron chi connectivity index (χ0n) is 10.9. The molecule has 1 aliphatic heterocycles. The molecule has 1 amide bonds. The highest BCUT2D eigenvalue weighted by Crippen LogP contribution is 2.26. The zero-order chi connectivity index (χ0) is 12.1. The van der Waals surface area contributed by atoms with Crippen molar-refractivity contribution >= 4 is 30.1 Å². The Bertz CT molecular complexity index is 259. The monoisotopic (exact) mass is 292 g/mol. The van der Waals surface area contributed by atoms with Gasteiger partial charge in [0.1, 0.15) is 0 Å². The SMILES string of the molecule is Cl.NC1CCCCC1CC(=O)NC1CCSCC1. The number of nitrogens with one attached hydrogen (secondary N) is 1.